The van der Waals surface area contributed by atoms with Crippen molar-refractivity contribution < 1.29 is 0 Å². The van der Waals surface area contributed by atoms with Crippen LogP contribution in [0, 0.1) is 0 Å². The van der Waals surface area contributed by atoms with E-state index in [1.807, 2.05) is 36.4 Å². The molecule has 0 amide bonds. The summed E-state index contributed by atoms with van der Waals surface area (Å²) in [6.07, 6.45) is 0. The maximum Gasteiger partial charge on any atom is 0.164 e. The highest BCUT2D eigenvalue weighted by Gasteiger charge is 2.21. The average molecular weight is 740 g/mol. The molecule has 0 aliphatic rings. The lowest BCUT2D eigenvalue weighted by Crippen LogP contribution is -2.02. The van der Waals surface area contributed by atoms with Gasteiger partial charge in [0, 0.05) is 49.6 Å². The first kappa shape index (κ1) is 32.4. The Morgan fingerprint density at radius 1 is 0.276 bits per heavy atom. The first-order valence-corrected chi connectivity index (χ1v) is 19.6. The summed E-state index contributed by atoms with van der Waals surface area (Å²) in [5.74, 6) is 1.91. The fraction of sp³-hybridized carbons (Fsp3) is 0. The normalized spacial score (nSPS) is 11.8. The molecule has 0 atom stereocenters. The van der Waals surface area contributed by atoms with Gasteiger partial charge in [0.2, 0.25) is 0 Å². The van der Waals surface area contributed by atoms with Crippen molar-refractivity contribution in [1.82, 2.24) is 24.1 Å². The lowest BCUT2D eigenvalue weighted by molar-refractivity contribution is 1.07. The topological polar surface area (TPSA) is 48.5 Å². The predicted octanol–water partition coefficient (Wildman–Crippen LogP) is 13.4. The van der Waals surface area contributed by atoms with E-state index in [1.54, 1.807) is 0 Å². The number of fused-ring (bicyclic) bond motifs is 8. The highest BCUT2D eigenvalue weighted by atomic mass is 15.0. The molecular formula is C53H33N5. The molecular weight excluding hydrogens is 707 g/mol. The number of nitrogens with zero attached hydrogens (tertiary/aromatic N) is 5. The maximum absolute atomic E-state index is 5.19. The van der Waals surface area contributed by atoms with Crippen molar-refractivity contribution in [3.8, 4) is 45.5 Å². The minimum absolute atomic E-state index is 0.630. The first-order valence-electron chi connectivity index (χ1n) is 19.6. The molecule has 0 saturated heterocycles. The Bertz CT molecular complexity index is 3510. The fourth-order valence-electron chi connectivity index (χ4n) is 8.84. The zero-order valence-corrected chi connectivity index (χ0v) is 31.3. The summed E-state index contributed by atoms with van der Waals surface area (Å²) in [6.45, 7) is 0. The highest BCUT2D eigenvalue weighted by molar-refractivity contribution is 6.19. The number of para-hydroxylation sites is 2. The Labute approximate surface area is 333 Å². The van der Waals surface area contributed by atoms with Crippen molar-refractivity contribution in [3.05, 3.63) is 200 Å². The van der Waals surface area contributed by atoms with E-state index in [1.165, 1.54) is 37.8 Å². The van der Waals surface area contributed by atoms with Crippen LogP contribution in [0.1, 0.15) is 0 Å². The van der Waals surface area contributed by atoms with Crippen LogP contribution in [0.5, 0.6) is 0 Å². The van der Waals surface area contributed by atoms with Gasteiger partial charge < -0.3 is 9.13 Å². The van der Waals surface area contributed by atoms with Gasteiger partial charge >= 0.3 is 0 Å². The van der Waals surface area contributed by atoms with Gasteiger partial charge in [-0.1, -0.05) is 152 Å². The Kier molecular flexibility index (Phi) is 7.16. The number of aromatic nitrogens is 5. The van der Waals surface area contributed by atoms with Gasteiger partial charge in [0.15, 0.2) is 17.5 Å². The average Bonchev–Trinajstić information content (AvgIpc) is 3.80. The summed E-state index contributed by atoms with van der Waals surface area (Å²) in [4.78, 5) is 15.4. The molecule has 0 fully saturated rings. The number of hydrogen-bond donors (Lipinski definition) is 0. The molecule has 58 heavy (non-hydrogen) atoms. The van der Waals surface area contributed by atoms with Crippen LogP contribution in [0.4, 0.5) is 0 Å². The number of benzene rings is 9. The molecule has 0 N–H and O–H groups in total. The summed E-state index contributed by atoms with van der Waals surface area (Å²) < 4.78 is 4.84. The largest absolute Gasteiger partial charge is 0.309 e. The second-order valence-electron chi connectivity index (χ2n) is 14.9. The molecule has 0 aliphatic heterocycles. The SMILES string of the molecule is c1ccc(-c2nc(-c3ccccc3)nc(-c3cc(-n4c5ccccc5c5cc6c7ccccc7n(-c7ccc8ccccc8c7)c6cc54)cc4ccccc34)n2)cc1. The van der Waals surface area contributed by atoms with Crippen LogP contribution in [0.2, 0.25) is 0 Å². The summed E-state index contributed by atoms with van der Waals surface area (Å²) in [7, 11) is 0. The minimum atomic E-state index is 0.630. The van der Waals surface area contributed by atoms with Gasteiger partial charge in [0.05, 0.1) is 22.1 Å². The summed E-state index contributed by atoms with van der Waals surface area (Å²) in [5.41, 5.74) is 9.61. The van der Waals surface area contributed by atoms with E-state index in [2.05, 4.69) is 173 Å². The monoisotopic (exact) mass is 739 g/mol. The Morgan fingerprint density at radius 2 is 0.759 bits per heavy atom. The minimum Gasteiger partial charge on any atom is -0.309 e. The molecule has 12 rings (SSSR count). The third kappa shape index (κ3) is 5.07. The fourth-order valence-corrected chi connectivity index (χ4v) is 8.84. The van der Waals surface area contributed by atoms with Crippen LogP contribution in [0.25, 0.3) is 111 Å². The lowest BCUT2D eigenvalue weighted by atomic mass is 10.0. The smallest absolute Gasteiger partial charge is 0.164 e. The molecule has 0 unspecified atom stereocenters. The van der Waals surface area contributed by atoms with Gasteiger partial charge in [-0.2, -0.15) is 0 Å². The van der Waals surface area contributed by atoms with Crippen molar-refractivity contribution in [2.75, 3.05) is 0 Å². The summed E-state index contributed by atoms with van der Waals surface area (Å²) in [5, 5.41) is 9.50. The van der Waals surface area contributed by atoms with E-state index < -0.39 is 0 Å². The Balaban J connectivity index is 1.15. The quantitative estimate of drug-likeness (QED) is 0.177. The van der Waals surface area contributed by atoms with E-state index in [0.717, 1.165) is 55.4 Å². The van der Waals surface area contributed by atoms with Crippen LogP contribution in [-0.4, -0.2) is 24.1 Å². The highest BCUT2D eigenvalue weighted by Crippen LogP contribution is 2.41. The number of hydrogen-bond acceptors (Lipinski definition) is 3. The zero-order valence-electron chi connectivity index (χ0n) is 31.3. The van der Waals surface area contributed by atoms with Crippen LogP contribution in [0.15, 0.2) is 200 Å². The maximum atomic E-state index is 5.19. The predicted molar refractivity (Wildman–Crippen MR) is 240 cm³/mol. The molecule has 0 radical (unpaired) electrons. The second-order valence-corrected chi connectivity index (χ2v) is 14.9. The van der Waals surface area contributed by atoms with Crippen molar-refractivity contribution in [1.29, 1.82) is 0 Å². The summed E-state index contributed by atoms with van der Waals surface area (Å²) >= 11 is 0. The molecule has 0 saturated carbocycles. The van der Waals surface area contributed by atoms with Crippen molar-refractivity contribution in [2.45, 2.75) is 0 Å². The van der Waals surface area contributed by atoms with Crippen molar-refractivity contribution in [2.24, 2.45) is 0 Å². The standard InChI is InChI=1S/C53H33N5/c1-3-16-35(17-4-1)51-54-52(36-18-5-2-6-19-36)56-53(55-51)46-31-40(30-38-21-9-10-22-41(38)46)58-48-26-14-12-24-43(48)45-32-44-42-23-11-13-25-47(42)57(49(44)33-50(45)58)39-28-27-34-15-7-8-20-37(34)29-39/h1-33H. The number of rotatable bonds is 5. The first-order chi connectivity index (χ1) is 28.7. The Hall–Kier alpha value is -7.89. The van der Waals surface area contributed by atoms with Crippen molar-refractivity contribution in [3.63, 3.8) is 0 Å². The molecule has 270 valence electrons. The molecule has 3 heterocycles. The third-order valence-electron chi connectivity index (χ3n) is 11.5. The van der Waals surface area contributed by atoms with Gasteiger partial charge in [0.25, 0.3) is 0 Å². The van der Waals surface area contributed by atoms with E-state index in [4.69, 9.17) is 15.0 Å². The van der Waals surface area contributed by atoms with Crippen LogP contribution in [0.3, 0.4) is 0 Å². The van der Waals surface area contributed by atoms with Crippen LogP contribution in [-0.2, 0) is 0 Å². The second kappa shape index (κ2) is 12.8. The van der Waals surface area contributed by atoms with Crippen LogP contribution < -0.4 is 0 Å². The molecule has 0 aliphatic carbocycles. The van der Waals surface area contributed by atoms with Gasteiger partial charge in [-0.25, -0.2) is 15.0 Å². The van der Waals surface area contributed by atoms with E-state index in [0.29, 0.717) is 17.5 Å². The van der Waals surface area contributed by atoms with Gasteiger partial charge in [0.1, 0.15) is 0 Å². The zero-order chi connectivity index (χ0) is 38.2. The van der Waals surface area contributed by atoms with E-state index in [9.17, 15) is 0 Å². The van der Waals surface area contributed by atoms with E-state index >= 15 is 0 Å². The Morgan fingerprint density at radius 3 is 1.40 bits per heavy atom. The molecule has 9 aromatic carbocycles. The van der Waals surface area contributed by atoms with E-state index in [-0.39, 0.29) is 0 Å². The molecule has 0 bridgehead atoms. The van der Waals surface area contributed by atoms with Crippen molar-refractivity contribution >= 4 is 65.2 Å². The molecule has 5 nitrogen and oxygen atoms in total. The molecule has 3 aromatic heterocycles. The molecule has 5 heteroatoms. The lowest BCUT2D eigenvalue weighted by Gasteiger charge is -2.15. The third-order valence-corrected chi connectivity index (χ3v) is 11.5. The molecule has 0 spiro atoms. The van der Waals surface area contributed by atoms with Crippen LogP contribution >= 0.6 is 0 Å². The van der Waals surface area contributed by atoms with Gasteiger partial charge in [-0.05, 0) is 70.1 Å². The van der Waals surface area contributed by atoms with Gasteiger partial charge in [-0.15, -0.1) is 0 Å². The molecule has 12 aromatic rings. The summed E-state index contributed by atoms with van der Waals surface area (Å²) in [6, 6.07) is 71.1. The van der Waals surface area contributed by atoms with Gasteiger partial charge in [-0.3, -0.25) is 0 Å².